The molecule has 0 atom stereocenters. The number of amides is 1. The van der Waals surface area contributed by atoms with Gasteiger partial charge in [0.2, 0.25) is 0 Å². The van der Waals surface area contributed by atoms with E-state index in [9.17, 15) is 4.79 Å². The van der Waals surface area contributed by atoms with Gasteiger partial charge in [0, 0.05) is 37.4 Å². The number of hydrogen-bond donors (Lipinski definition) is 0. The average molecular weight is 492 g/mol. The Labute approximate surface area is 216 Å². The lowest BCUT2D eigenvalue weighted by Crippen LogP contribution is -2.49. The largest absolute Gasteiger partial charge is 0.467 e. The fourth-order valence-electron chi connectivity index (χ4n) is 5.05. The Kier molecular flexibility index (Phi) is 5.96. The molecule has 7 heteroatoms. The lowest BCUT2D eigenvalue weighted by Gasteiger charge is -2.37. The molecular formula is C30H29N5O2. The summed E-state index contributed by atoms with van der Waals surface area (Å²) in [5.74, 6) is 0.801. The second-order valence-corrected chi connectivity index (χ2v) is 9.54. The first-order valence-corrected chi connectivity index (χ1v) is 12.6. The van der Waals surface area contributed by atoms with Gasteiger partial charge in [-0.05, 0) is 49.2 Å². The zero-order valence-electron chi connectivity index (χ0n) is 21.1. The Hall–Kier alpha value is -4.39. The van der Waals surface area contributed by atoms with Crippen LogP contribution in [0.5, 0.6) is 0 Å². The predicted octanol–water partition coefficient (Wildman–Crippen LogP) is 5.32. The molecular weight excluding hydrogens is 462 g/mol. The molecule has 6 rings (SSSR count). The number of piperazine rings is 1. The average Bonchev–Trinajstić information content (AvgIpc) is 3.60. The third-order valence-corrected chi connectivity index (χ3v) is 7.28. The molecule has 186 valence electrons. The van der Waals surface area contributed by atoms with E-state index in [0.717, 1.165) is 35.5 Å². The molecule has 1 amide bonds. The van der Waals surface area contributed by atoms with Crippen molar-refractivity contribution in [3.63, 3.8) is 0 Å². The Morgan fingerprint density at radius 2 is 1.76 bits per heavy atom. The minimum absolute atomic E-state index is 0.0164. The van der Waals surface area contributed by atoms with Gasteiger partial charge < -0.3 is 14.2 Å². The van der Waals surface area contributed by atoms with E-state index in [1.165, 1.54) is 16.8 Å². The summed E-state index contributed by atoms with van der Waals surface area (Å²) < 4.78 is 7.34. The molecule has 2 aromatic carbocycles. The highest BCUT2D eigenvalue weighted by Crippen LogP contribution is 2.28. The number of furan rings is 1. The molecule has 0 unspecified atom stereocenters. The van der Waals surface area contributed by atoms with Gasteiger partial charge in [-0.2, -0.15) is 5.10 Å². The maximum absolute atomic E-state index is 13.9. The number of rotatable bonds is 5. The van der Waals surface area contributed by atoms with Crippen LogP contribution in [0.1, 0.15) is 27.2 Å². The third-order valence-electron chi connectivity index (χ3n) is 7.28. The number of hydrogen-bond acceptors (Lipinski definition) is 5. The second-order valence-electron chi connectivity index (χ2n) is 9.54. The van der Waals surface area contributed by atoms with E-state index < -0.39 is 0 Å². The van der Waals surface area contributed by atoms with Crippen molar-refractivity contribution in [1.29, 1.82) is 0 Å². The summed E-state index contributed by atoms with van der Waals surface area (Å²) in [6, 6.07) is 22.1. The zero-order valence-corrected chi connectivity index (χ0v) is 21.1. The first-order chi connectivity index (χ1) is 18.1. The summed E-state index contributed by atoms with van der Waals surface area (Å²) in [6.07, 6.45) is 3.40. The molecule has 0 saturated carbocycles. The van der Waals surface area contributed by atoms with Crippen LogP contribution in [0.4, 0.5) is 5.69 Å². The summed E-state index contributed by atoms with van der Waals surface area (Å²) >= 11 is 0. The highest BCUT2D eigenvalue weighted by molar-refractivity contribution is 6.06. The van der Waals surface area contributed by atoms with Crippen molar-refractivity contribution in [2.75, 3.05) is 31.1 Å². The van der Waals surface area contributed by atoms with E-state index in [-0.39, 0.29) is 5.91 Å². The summed E-state index contributed by atoms with van der Waals surface area (Å²) in [4.78, 5) is 23.2. The van der Waals surface area contributed by atoms with Gasteiger partial charge in [-0.15, -0.1) is 0 Å². The molecule has 1 fully saturated rings. The Bertz CT molecular complexity index is 1550. The van der Waals surface area contributed by atoms with E-state index in [2.05, 4.69) is 42.0 Å². The summed E-state index contributed by atoms with van der Waals surface area (Å²) in [6.45, 7) is 7.69. The van der Waals surface area contributed by atoms with Crippen LogP contribution < -0.4 is 4.90 Å². The second kappa shape index (κ2) is 9.58. The summed E-state index contributed by atoms with van der Waals surface area (Å²) in [5.41, 5.74) is 6.87. The van der Waals surface area contributed by atoms with Crippen LogP contribution in [-0.2, 0) is 6.54 Å². The molecule has 5 aromatic rings. The third kappa shape index (κ3) is 4.37. The highest BCUT2D eigenvalue weighted by Gasteiger charge is 2.26. The SMILES string of the molecule is Cc1cccc(N2CCN(C(=O)c3cc(-c4ccccc4)nc4c3cnn4Cc3ccco3)CC2)c1C. The molecule has 0 N–H and O–H groups in total. The molecule has 4 heterocycles. The van der Waals surface area contributed by atoms with E-state index >= 15 is 0 Å². The predicted molar refractivity (Wildman–Crippen MR) is 145 cm³/mol. The van der Waals surface area contributed by atoms with E-state index in [1.54, 1.807) is 17.1 Å². The fourth-order valence-corrected chi connectivity index (χ4v) is 5.05. The highest BCUT2D eigenvalue weighted by atomic mass is 16.3. The van der Waals surface area contributed by atoms with Gasteiger partial charge in [0.1, 0.15) is 12.3 Å². The van der Waals surface area contributed by atoms with Crippen LogP contribution in [0.2, 0.25) is 0 Å². The summed E-state index contributed by atoms with van der Waals surface area (Å²) in [5, 5.41) is 5.34. The molecule has 1 aliphatic rings. The quantitative estimate of drug-likeness (QED) is 0.333. The van der Waals surface area contributed by atoms with Crippen LogP contribution in [0.3, 0.4) is 0 Å². The van der Waals surface area contributed by atoms with Crippen molar-refractivity contribution >= 4 is 22.6 Å². The van der Waals surface area contributed by atoms with Crippen molar-refractivity contribution in [2.24, 2.45) is 0 Å². The van der Waals surface area contributed by atoms with Crippen LogP contribution in [0.25, 0.3) is 22.3 Å². The molecule has 0 aliphatic carbocycles. The van der Waals surface area contributed by atoms with Gasteiger partial charge in [0.25, 0.3) is 5.91 Å². The maximum Gasteiger partial charge on any atom is 0.254 e. The Morgan fingerprint density at radius 1 is 0.946 bits per heavy atom. The molecule has 1 aliphatic heterocycles. The number of aromatic nitrogens is 3. The van der Waals surface area contributed by atoms with Crippen LogP contribution in [0.15, 0.2) is 83.6 Å². The molecule has 7 nitrogen and oxygen atoms in total. The lowest BCUT2D eigenvalue weighted by molar-refractivity contribution is 0.0748. The number of nitrogens with zero attached hydrogens (tertiary/aromatic N) is 5. The standard InChI is InChI=1S/C30H29N5O2/c1-21-8-6-12-28(22(21)2)33-13-15-34(16-14-33)30(36)25-18-27(23-9-4-3-5-10-23)32-29-26(25)19-31-35(29)20-24-11-7-17-37-24/h3-12,17-19H,13-16,20H2,1-2H3. The van der Waals surface area contributed by atoms with Crippen molar-refractivity contribution in [3.8, 4) is 11.3 Å². The smallest absolute Gasteiger partial charge is 0.254 e. The first-order valence-electron chi connectivity index (χ1n) is 12.6. The molecule has 1 saturated heterocycles. The van der Waals surface area contributed by atoms with Crippen molar-refractivity contribution in [3.05, 3.63) is 102 Å². The van der Waals surface area contributed by atoms with Crippen LogP contribution in [-0.4, -0.2) is 51.8 Å². The normalized spacial score (nSPS) is 13.9. The minimum Gasteiger partial charge on any atom is -0.467 e. The molecule has 0 radical (unpaired) electrons. The van der Waals surface area contributed by atoms with Crippen LogP contribution >= 0.6 is 0 Å². The monoisotopic (exact) mass is 491 g/mol. The van der Waals surface area contributed by atoms with Crippen molar-refractivity contribution in [2.45, 2.75) is 20.4 Å². The number of anilines is 1. The van der Waals surface area contributed by atoms with Crippen LogP contribution in [0, 0.1) is 13.8 Å². The molecule has 0 spiro atoms. The summed E-state index contributed by atoms with van der Waals surface area (Å²) in [7, 11) is 0. The number of benzene rings is 2. The maximum atomic E-state index is 13.9. The van der Waals surface area contributed by atoms with Gasteiger partial charge >= 0.3 is 0 Å². The number of carbonyl (C=O) groups excluding carboxylic acids is 1. The van der Waals surface area contributed by atoms with E-state index in [0.29, 0.717) is 30.8 Å². The van der Waals surface area contributed by atoms with Gasteiger partial charge in [-0.1, -0.05) is 42.5 Å². The van der Waals surface area contributed by atoms with Gasteiger partial charge in [0.15, 0.2) is 5.65 Å². The molecule has 37 heavy (non-hydrogen) atoms. The van der Waals surface area contributed by atoms with Gasteiger partial charge in [0.05, 0.1) is 29.1 Å². The van der Waals surface area contributed by atoms with Crippen molar-refractivity contribution in [1.82, 2.24) is 19.7 Å². The molecule has 0 bridgehead atoms. The lowest BCUT2D eigenvalue weighted by atomic mass is 10.0. The minimum atomic E-state index is 0.0164. The number of carbonyl (C=O) groups is 1. The number of pyridine rings is 1. The van der Waals surface area contributed by atoms with E-state index in [1.807, 2.05) is 53.4 Å². The van der Waals surface area contributed by atoms with Crippen molar-refractivity contribution < 1.29 is 9.21 Å². The Balaban J connectivity index is 1.33. The number of aryl methyl sites for hydroxylation is 1. The fraction of sp³-hybridized carbons (Fsp3) is 0.233. The first kappa shape index (κ1) is 23.0. The van der Waals surface area contributed by atoms with E-state index in [4.69, 9.17) is 9.40 Å². The topological polar surface area (TPSA) is 67.4 Å². The molecule has 3 aromatic heterocycles. The zero-order chi connectivity index (χ0) is 25.4. The van der Waals surface area contributed by atoms with Gasteiger partial charge in [-0.3, -0.25) is 4.79 Å². The Morgan fingerprint density at radius 3 is 2.51 bits per heavy atom. The number of fused-ring (bicyclic) bond motifs is 1. The van der Waals surface area contributed by atoms with Gasteiger partial charge in [-0.25, -0.2) is 9.67 Å².